The molecule has 1 rings (SSSR count). The van der Waals surface area contributed by atoms with E-state index in [0.717, 1.165) is 19.4 Å². The molecule has 1 fully saturated rings. The average molecular weight is 229 g/mol. The lowest BCUT2D eigenvalue weighted by atomic mass is 10.1. The topological polar surface area (TPSA) is 64.6 Å². The van der Waals surface area contributed by atoms with Crippen molar-refractivity contribution in [1.29, 1.82) is 0 Å². The summed E-state index contributed by atoms with van der Waals surface area (Å²) in [5.41, 5.74) is 0. The highest BCUT2D eigenvalue weighted by molar-refractivity contribution is 5.82. The number of esters is 1. The second kappa shape index (κ2) is 6.48. The van der Waals surface area contributed by atoms with Gasteiger partial charge in [-0.15, -0.1) is 0 Å². The Hall–Kier alpha value is -1.10. The van der Waals surface area contributed by atoms with Gasteiger partial charge in [-0.3, -0.25) is 9.59 Å². The Bertz CT molecular complexity index is 248. The fourth-order valence-electron chi connectivity index (χ4n) is 1.67. The zero-order valence-electron chi connectivity index (χ0n) is 9.82. The van der Waals surface area contributed by atoms with Crippen LogP contribution in [-0.4, -0.2) is 38.2 Å². The van der Waals surface area contributed by atoms with Gasteiger partial charge in [-0.2, -0.15) is 0 Å². The molecule has 0 unspecified atom stereocenters. The molecule has 92 valence electrons. The maximum atomic E-state index is 11.5. The number of rotatable bonds is 5. The van der Waals surface area contributed by atoms with Crippen LogP contribution in [0, 0.1) is 5.92 Å². The van der Waals surface area contributed by atoms with Crippen LogP contribution in [-0.2, 0) is 19.1 Å². The standard InChI is InChI=1S/C11H19NO4/c1-8(11(14)15-2)6-10(13)12-7-9-4-3-5-16-9/h8-9H,3-7H2,1-2H3,(H,12,13)/t8-,9-/m0/s1. The third-order valence-electron chi connectivity index (χ3n) is 2.65. The van der Waals surface area contributed by atoms with E-state index in [-0.39, 0.29) is 24.4 Å². The average Bonchev–Trinajstić information content (AvgIpc) is 2.78. The van der Waals surface area contributed by atoms with Crippen molar-refractivity contribution in [2.24, 2.45) is 5.92 Å². The molecule has 0 aliphatic carbocycles. The number of carbonyl (C=O) groups excluding carboxylic acids is 2. The van der Waals surface area contributed by atoms with Crippen LogP contribution in [0.4, 0.5) is 0 Å². The molecular formula is C11H19NO4. The molecule has 0 aromatic heterocycles. The predicted octanol–water partition coefficient (Wildman–Crippen LogP) is 0.481. The van der Waals surface area contributed by atoms with Crippen LogP contribution < -0.4 is 5.32 Å². The molecule has 2 atom stereocenters. The number of nitrogens with one attached hydrogen (secondary N) is 1. The highest BCUT2D eigenvalue weighted by Crippen LogP contribution is 2.11. The van der Waals surface area contributed by atoms with Gasteiger partial charge in [-0.25, -0.2) is 0 Å². The van der Waals surface area contributed by atoms with E-state index in [2.05, 4.69) is 10.1 Å². The largest absolute Gasteiger partial charge is 0.469 e. The molecule has 16 heavy (non-hydrogen) atoms. The van der Waals surface area contributed by atoms with Gasteiger partial charge in [0.2, 0.25) is 5.91 Å². The third-order valence-corrected chi connectivity index (χ3v) is 2.65. The maximum absolute atomic E-state index is 11.5. The number of ether oxygens (including phenoxy) is 2. The first-order valence-corrected chi connectivity index (χ1v) is 5.59. The van der Waals surface area contributed by atoms with Crippen LogP contribution in [0.3, 0.4) is 0 Å². The maximum Gasteiger partial charge on any atom is 0.308 e. The van der Waals surface area contributed by atoms with E-state index in [4.69, 9.17) is 4.74 Å². The van der Waals surface area contributed by atoms with Gasteiger partial charge in [0, 0.05) is 19.6 Å². The van der Waals surface area contributed by atoms with Crippen molar-refractivity contribution in [2.45, 2.75) is 32.3 Å². The minimum absolute atomic E-state index is 0.131. The van der Waals surface area contributed by atoms with Crippen molar-refractivity contribution in [1.82, 2.24) is 5.32 Å². The summed E-state index contributed by atoms with van der Waals surface area (Å²) in [4.78, 5) is 22.5. The highest BCUT2D eigenvalue weighted by atomic mass is 16.5. The van der Waals surface area contributed by atoms with Crippen LogP contribution >= 0.6 is 0 Å². The SMILES string of the molecule is COC(=O)[C@@H](C)CC(=O)NC[C@@H]1CCCO1. The molecule has 5 nitrogen and oxygen atoms in total. The first kappa shape index (κ1) is 13.0. The summed E-state index contributed by atoms with van der Waals surface area (Å²) >= 11 is 0. The molecule has 1 saturated heterocycles. The van der Waals surface area contributed by atoms with Crippen molar-refractivity contribution in [3.05, 3.63) is 0 Å². The Kier molecular flexibility index (Phi) is 5.25. The number of methoxy groups -OCH3 is 1. The summed E-state index contributed by atoms with van der Waals surface area (Å²) in [5.74, 6) is -0.879. The zero-order chi connectivity index (χ0) is 12.0. The smallest absolute Gasteiger partial charge is 0.308 e. The van der Waals surface area contributed by atoms with Crippen molar-refractivity contribution in [2.75, 3.05) is 20.3 Å². The Morgan fingerprint density at radius 1 is 1.56 bits per heavy atom. The minimum Gasteiger partial charge on any atom is -0.469 e. The fourth-order valence-corrected chi connectivity index (χ4v) is 1.67. The third kappa shape index (κ3) is 4.18. The van der Waals surface area contributed by atoms with Gasteiger partial charge in [0.15, 0.2) is 0 Å². The predicted molar refractivity (Wildman–Crippen MR) is 57.8 cm³/mol. The van der Waals surface area contributed by atoms with Gasteiger partial charge in [-0.05, 0) is 12.8 Å². The van der Waals surface area contributed by atoms with Crippen LogP contribution in [0.5, 0.6) is 0 Å². The summed E-state index contributed by atoms with van der Waals surface area (Å²) in [5, 5.41) is 2.76. The van der Waals surface area contributed by atoms with Crippen molar-refractivity contribution < 1.29 is 19.1 Å². The van der Waals surface area contributed by atoms with Gasteiger partial charge < -0.3 is 14.8 Å². The molecule has 0 spiro atoms. The first-order valence-electron chi connectivity index (χ1n) is 5.59. The number of hydrogen-bond donors (Lipinski definition) is 1. The van der Waals surface area contributed by atoms with Crippen LogP contribution in [0.15, 0.2) is 0 Å². The Labute approximate surface area is 95.5 Å². The summed E-state index contributed by atoms with van der Waals surface area (Å²) < 4.78 is 9.92. The van der Waals surface area contributed by atoms with E-state index in [9.17, 15) is 9.59 Å². The summed E-state index contributed by atoms with van der Waals surface area (Å²) in [7, 11) is 1.32. The van der Waals surface area contributed by atoms with E-state index < -0.39 is 5.92 Å². The van der Waals surface area contributed by atoms with Crippen LogP contribution in [0.2, 0.25) is 0 Å². The Balaban J connectivity index is 2.17. The molecule has 5 heteroatoms. The van der Waals surface area contributed by atoms with E-state index in [1.54, 1.807) is 6.92 Å². The lowest BCUT2D eigenvalue weighted by molar-refractivity contribution is -0.146. The Morgan fingerprint density at radius 2 is 2.31 bits per heavy atom. The number of amides is 1. The summed E-state index contributed by atoms with van der Waals surface area (Å²) in [6.45, 7) is 2.99. The number of hydrogen-bond acceptors (Lipinski definition) is 4. The zero-order valence-corrected chi connectivity index (χ0v) is 9.82. The second-order valence-electron chi connectivity index (χ2n) is 4.07. The van der Waals surface area contributed by atoms with E-state index in [0.29, 0.717) is 6.54 Å². The molecule has 0 aromatic rings. The van der Waals surface area contributed by atoms with Gasteiger partial charge in [-0.1, -0.05) is 6.92 Å². The molecule has 0 radical (unpaired) electrons. The monoisotopic (exact) mass is 229 g/mol. The van der Waals surface area contributed by atoms with Crippen molar-refractivity contribution >= 4 is 11.9 Å². The fraction of sp³-hybridized carbons (Fsp3) is 0.818. The van der Waals surface area contributed by atoms with Crippen molar-refractivity contribution in [3.63, 3.8) is 0 Å². The second-order valence-corrected chi connectivity index (χ2v) is 4.07. The van der Waals surface area contributed by atoms with Gasteiger partial charge in [0.1, 0.15) is 0 Å². The van der Waals surface area contributed by atoms with Gasteiger partial charge >= 0.3 is 5.97 Å². The number of carbonyl (C=O) groups is 2. The van der Waals surface area contributed by atoms with E-state index in [1.165, 1.54) is 7.11 Å². The van der Waals surface area contributed by atoms with E-state index in [1.807, 2.05) is 0 Å². The molecule has 0 bridgehead atoms. The molecule has 0 saturated carbocycles. The normalized spacial score (nSPS) is 21.5. The molecule has 1 aliphatic rings. The molecular weight excluding hydrogens is 210 g/mol. The van der Waals surface area contributed by atoms with E-state index >= 15 is 0 Å². The lowest BCUT2D eigenvalue weighted by Gasteiger charge is -2.12. The molecule has 1 aliphatic heterocycles. The minimum atomic E-state index is -0.394. The van der Waals surface area contributed by atoms with Crippen LogP contribution in [0.25, 0.3) is 0 Å². The quantitative estimate of drug-likeness (QED) is 0.696. The Morgan fingerprint density at radius 3 is 2.88 bits per heavy atom. The van der Waals surface area contributed by atoms with Gasteiger partial charge in [0.05, 0.1) is 19.1 Å². The highest BCUT2D eigenvalue weighted by Gasteiger charge is 2.19. The molecule has 1 amide bonds. The molecule has 1 heterocycles. The van der Waals surface area contributed by atoms with Crippen LogP contribution in [0.1, 0.15) is 26.2 Å². The summed E-state index contributed by atoms with van der Waals surface area (Å²) in [6.07, 6.45) is 2.35. The molecule has 0 aromatic carbocycles. The lowest BCUT2D eigenvalue weighted by Crippen LogP contribution is -2.33. The first-order chi connectivity index (χ1) is 7.63. The summed E-state index contributed by atoms with van der Waals surface area (Å²) in [6, 6.07) is 0. The van der Waals surface area contributed by atoms with Crippen molar-refractivity contribution in [3.8, 4) is 0 Å². The molecule has 1 N–H and O–H groups in total. The van der Waals surface area contributed by atoms with Gasteiger partial charge in [0.25, 0.3) is 0 Å².